The first-order valence-electron chi connectivity index (χ1n) is 6.47. The zero-order valence-electron chi connectivity index (χ0n) is 11.6. The molecule has 0 saturated heterocycles. The Bertz CT molecular complexity index is 512. The molecule has 1 aromatic carbocycles. The first-order valence-corrected chi connectivity index (χ1v) is 6.47. The topological polar surface area (TPSA) is 57.6 Å². The Morgan fingerprint density at radius 2 is 1.68 bits per heavy atom. The van der Waals surface area contributed by atoms with Crippen molar-refractivity contribution in [2.45, 2.75) is 33.1 Å². The van der Waals surface area contributed by atoms with E-state index in [4.69, 9.17) is 0 Å². The fourth-order valence-corrected chi connectivity index (χ4v) is 2.63. The quantitative estimate of drug-likeness (QED) is 0.851. The number of aliphatic carboxylic acids is 1. The summed E-state index contributed by atoms with van der Waals surface area (Å²) < 4.78 is 0. The highest BCUT2D eigenvalue weighted by atomic mass is 16.4. The van der Waals surface area contributed by atoms with Gasteiger partial charge in [-0.15, -0.1) is 0 Å². The molecule has 0 unspecified atom stereocenters. The lowest BCUT2D eigenvalue weighted by Crippen LogP contribution is -2.51. The molecule has 0 heterocycles. The van der Waals surface area contributed by atoms with Crippen molar-refractivity contribution in [2.24, 2.45) is 5.41 Å². The van der Waals surface area contributed by atoms with Gasteiger partial charge < -0.3 is 10.0 Å². The van der Waals surface area contributed by atoms with Crippen LogP contribution in [-0.4, -0.2) is 24.0 Å². The number of carbonyl (C=O) groups is 2. The zero-order chi connectivity index (χ0) is 14.2. The summed E-state index contributed by atoms with van der Waals surface area (Å²) >= 11 is 0. The molecule has 0 bridgehead atoms. The molecule has 4 heteroatoms. The van der Waals surface area contributed by atoms with Gasteiger partial charge in [0.25, 0.3) is 0 Å². The Balaban J connectivity index is 2.31. The van der Waals surface area contributed by atoms with Gasteiger partial charge in [-0.05, 0) is 49.9 Å². The highest BCUT2D eigenvalue weighted by molar-refractivity contribution is 6.10. The molecular formula is C15H19NO3. The summed E-state index contributed by atoms with van der Waals surface area (Å²) in [6.07, 6.45) is 1.69. The molecular weight excluding hydrogens is 242 g/mol. The Kier molecular flexibility index (Phi) is 3.35. The SMILES string of the molecule is Cc1cc(C)cc(N(C)C(=O)C2(C(=O)O)CCC2)c1. The van der Waals surface area contributed by atoms with Gasteiger partial charge in [0.1, 0.15) is 5.41 Å². The van der Waals surface area contributed by atoms with E-state index in [1.807, 2.05) is 32.0 Å². The average molecular weight is 261 g/mol. The molecule has 1 N–H and O–H groups in total. The molecule has 1 aromatic rings. The minimum atomic E-state index is -1.20. The molecule has 2 rings (SSSR count). The Labute approximate surface area is 113 Å². The third-order valence-electron chi connectivity index (χ3n) is 3.92. The third kappa shape index (κ3) is 2.23. The van der Waals surface area contributed by atoms with E-state index >= 15 is 0 Å². The van der Waals surface area contributed by atoms with E-state index in [-0.39, 0.29) is 5.91 Å². The second-order valence-corrected chi connectivity index (χ2v) is 5.45. The number of carbonyl (C=O) groups excluding carboxylic acids is 1. The molecule has 0 aromatic heterocycles. The zero-order valence-corrected chi connectivity index (χ0v) is 11.6. The second-order valence-electron chi connectivity index (χ2n) is 5.45. The van der Waals surface area contributed by atoms with Crippen LogP contribution >= 0.6 is 0 Å². The average Bonchev–Trinajstić information content (AvgIpc) is 2.24. The number of carboxylic acids is 1. The van der Waals surface area contributed by atoms with Gasteiger partial charge in [0, 0.05) is 12.7 Å². The number of amides is 1. The van der Waals surface area contributed by atoms with Crippen LogP contribution in [0, 0.1) is 19.3 Å². The Morgan fingerprint density at radius 3 is 2.05 bits per heavy atom. The number of benzene rings is 1. The van der Waals surface area contributed by atoms with Gasteiger partial charge in [0.2, 0.25) is 5.91 Å². The number of rotatable bonds is 3. The first kappa shape index (κ1) is 13.6. The molecule has 1 saturated carbocycles. The van der Waals surface area contributed by atoms with E-state index in [0.717, 1.165) is 23.2 Å². The van der Waals surface area contributed by atoms with Crippen LogP contribution < -0.4 is 4.90 Å². The lowest BCUT2D eigenvalue weighted by Gasteiger charge is -2.38. The van der Waals surface area contributed by atoms with Crippen LogP contribution in [0.3, 0.4) is 0 Å². The summed E-state index contributed by atoms with van der Waals surface area (Å²) in [5.74, 6) is -1.31. The van der Waals surface area contributed by atoms with Crippen LogP contribution in [0.25, 0.3) is 0 Å². The van der Waals surface area contributed by atoms with E-state index in [1.165, 1.54) is 4.90 Å². The fraction of sp³-hybridized carbons (Fsp3) is 0.467. The fourth-order valence-electron chi connectivity index (χ4n) is 2.63. The highest BCUT2D eigenvalue weighted by Gasteiger charge is 2.52. The van der Waals surface area contributed by atoms with Crippen molar-refractivity contribution in [1.29, 1.82) is 0 Å². The van der Waals surface area contributed by atoms with E-state index in [1.54, 1.807) is 7.05 Å². The van der Waals surface area contributed by atoms with Gasteiger partial charge in [-0.1, -0.05) is 12.5 Å². The van der Waals surface area contributed by atoms with E-state index in [2.05, 4.69) is 0 Å². The Hall–Kier alpha value is -1.84. The maximum Gasteiger partial charge on any atom is 0.319 e. The minimum Gasteiger partial charge on any atom is -0.480 e. The maximum atomic E-state index is 12.5. The summed E-state index contributed by atoms with van der Waals surface area (Å²) in [5.41, 5.74) is 1.68. The maximum absolute atomic E-state index is 12.5. The third-order valence-corrected chi connectivity index (χ3v) is 3.92. The molecule has 1 amide bonds. The van der Waals surface area contributed by atoms with Crippen molar-refractivity contribution >= 4 is 17.6 Å². The monoisotopic (exact) mass is 261 g/mol. The molecule has 0 atom stereocenters. The standard InChI is InChI=1S/C15H19NO3/c1-10-7-11(2)9-12(8-10)16(3)13(17)15(14(18)19)5-4-6-15/h7-9H,4-6H2,1-3H3,(H,18,19). The number of hydrogen-bond donors (Lipinski definition) is 1. The lowest BCUT2D eigenvalue weighted by atomic mass is 9.67. The van der Waals surface area contributed by atoms with Crippen molar-refractivity contribution < 1.29 is 14.7 Å². The van der Waals surface area contributed by atoms with Crippen LogP contribution in [-0.2, 0) is 9.59 Å². The Morgan fingerprint density at radius 1 is 1.16 bits per heavy atom. The van der Waals surface area contributed by atoms with Gasteiger partial charge in [-0.3, -0.25) is 9.59 Å². The van der Waals surface area contributed by atoms with Gasteiger partial charge in [-0.25, -0.2) is 0 Å². The van der Waals surface area contributed by atoms with Crippen LogP contribution in [0.4, 0.5) is 5.69 Å². The summed E-state index contributed by atoms with van der Waals surface area (Å²) in [5, 5.41) is 9.31. The molecule has 19 heavy (non-hydrogen) atoms. The van der Waals surface area contributed by atoms with Crippen molar-refractivity contribution in [2.75, 3.05) is 11.9 Å². The molecule has 0 spiro atoms. The second kappa shape index (κ2) is 4.68. The lowest BCUT2D eigenvalue weighted by molar-refractivity contribution is -0.160. The molecule has 0 aliphatic heterocycles. The minimum absolute atomic E-state index is 0.309. The van der Waals surface area contributed by atoms with Crippen molar-refractivity contribution in [1.82, 2.24) is 0 Å². The number of anilines is 1. The first-order chi connectivity index (χ1) is 8.86. The van der Waals surface area contributed by atoms with Crippen LogP contribution in [0.2, 0.25) is 0 Å². The molecule has 4 nitrogen and oxygen atoms in total. The number of aryl methyl sites for hydroxylation is 2. The van der Waals surface area contributed by atoms with Gasteiger partial charge >= 0.3 is 5.97 Å². The number of nitrogens with zero attached hydrogens (tertiary/aromatic N) is 1. The predicted octanol–water partition coefficient (Wildman–Crippen LogP) is 2.52. The highest BCUT2D eigenvalue weighted by Crippen LogP contribution is 2.43. The van der Waals surface area contributed by atoms with Crippen LogP contribution in [0.5, 0.6) is 0 Å². The van der Waals surface area contributed by atoms with Crippen molar-refractivity contribution in [3.05, 3.63) is 29.3 Å². The summed E-state index contributed by atoms with van der Waals surface area (Å²) in [7, 11) is 1.65. The largest absolute Gasteiger partial charge is 0.480 e. The van der Waals surface area contributed by atoms with E-state index in [9.17, 15) is 14.7 Å². The molecule has 1 fully saturated rings. The molecule has 0 radical (unpaired) electrons. The van der Waals surface area contributed by atoms with Crippen LogP contribution in [0.15, 0.2) is 18.2 Å². The summed E-state index contributed by atoms with van der Waals surface area (Å²) in [6.45, 7) is 3.93. The molecule has 1 aliphatic rings. The van der Waals surface area contributed by atoms with Gasteiger partial charge in [0.05, 0.1) is 0 Å². The van der Waals surface area contributed by atoms with Crippen LogP contribution in [0.1, 0.15) is 30.4 Å². The van der Waals surface area contributed by atoms with E-state index in [0.29, 0.717) is 12.8 Å². The van der Waals surface area contributed by atoms with Crippen molar-refractivity contribution in [3.63, 3.8) is 0 Å². The van der Waals surface area contributed by atoms with E-state index < -0.39 is 11.4 Å². The number of carboxylic acid groups (broad SMARTS) is 1. The smallest absolute Gasteiger partial charge is 0.319 e. The molecule has 1 aliphatic carbocycles. The van der Waals surface area contributed by atoms with Gasteiger partial charge in [0.15, 0.2) is 0 Å². The number of hydrogen-bond acceptors (Lipinski definition) is 2. The summed E-state index contributed by atoms with van der Waals surface area (Å²) in [4.78, 5) is 25.3. The summed E-state index contributed by atoms with van der Waals surface area (Å²) in [6, 6.07) is 5.83. The van der Waals surface area contributed by atoms with Gasteiger partial charge in [-0.2, -0.15) is 0 Å². The molecule has 102 valence electrons. The van der Waals surface area contributed by atoms with Crippen molar-refractivity contribution in [3.8, 4) is 0 Å². The predicted molar refractivity (Wildman–Crippen MR) is 73.2 cm³/mol. The normalized spacial score (nSPS) is 16.6.